The van der Waals surface area contributed by atoms with Gasteiger partial charge in [0.05, 0.1) is 6.61 Å². The van der Waals surface area contributed by atoms with Gasteiger partial charge in [0, 0.05) is 13.6 Å². The van der Waals surface area contributed by atoms with Crippen molar-refractivity contribution in [2.24, 2.45) is 0 Å². The van der Waals surface area contributed by atoms with Crippen molar-refractivity contribution >= 4 is 40.1 Å². The van der Waals surface area contributed by atoms with Gasteiger partial charge in [0.1, 0.15) is 16.7 Å². The number of hydrogen-bond acceptors (Lipinski definition) is 6. The molecule has 0 spiro atoms. The third-order valence-corrected chi connectivity index (χ3v) is 3.89. The first-order chi connectivity index (χ1) is 9.61. The Labute approximate surface area is 124 Å². The first-order valence-corrected chi connectivity index (χ1v) is 7.66. The van der Waals surface area contributed by atoms with Crippen molar-refractivity contribution in [1.82, 2.24) is 15.0 Å². The summed E-state index contributed by atoms with van der Waals surface area (Å²) in [7, 11) is 1.91. The first-order valence-electron chi connectivity index (χ1n) is 6.06. The van der Waals surface area contributed by atoms with Gasteiger partial charge in [-0.05, 0) is 12.7 Å². The summed E-state index contributed by atoms with van der Waals surface area (Å²) in [5, 5.41) is 0.742. The van der Waals surface area contributed by atoms with Crippen molar-refractivity contribution < 1.29 is 9.13 Å². The van der Waals surface area contributed by atoms with E-state index in [1.165, 1.54) is 11.8 Å². The fourth-order valence-corrected chi connectivity index (χ4v) is 2.65. The molecule has 0 saturated carbocycles. The molecule has 0 fully saturated rings. The highest BCUT2D eigenvalue weighted by molar-refractivity contribution is 7.98. The van der Waals surface area contributed by atoms with Gasteiger partial charge < -0.3 is 9.64 Å². The molecule has 0 aliphatic carbocycles. The van der Waals surface area contributed by atoms with Crippen LogP contribution >= 0.6 is 23.4 Å². The van der Waals surface area contributed by atoms with Crippen LogP contribution in [0.3, 0.4) is 0 Å². The van der Waals surface area contributed by atoms with E-state index in [0.29, 0.717) is 28.8 Å². The molecule has 0 radical (unpaired) electrons. The van der Waals surface area contributed by atoms with Crippen molar-refractivity contribution in [3.63, 3.8) is 0 Å². The number of ether oxygens (including phenoxy) is 1. The predicted molar refractivity (Wildman–Crippen MR) is 77.5 cm³/mol. The highest BCUT2D eigenvalue weighted by Gasteiger charge is 2.23. The Balaban J connectivity index is 2.42. The second kappa shape index (κ2) is 5.21. The largest absolute Gasteiger partial charge is 0.477 e. The summed E-state index contributed by atoms with van der Waals surface area (Å²) in [6.07, 6.45) is 2.67. The maximum absolute atomic E-state index is 14.2. The van der Waals surface area contributed by atoms with Crippen molar-refractivity contribution in [3.8, 4) is 5.88 Å². The second-order valence-corrected chi connectivity index (χ2v) is 5.53. The van der Waals surface area contributed by atoms with E-state index in [1.807, 2.05) is 18.2 Å². The molecule has 5 nitrogen and oxygen atoms in total. The number of nitrogens with zero attached hydrogens (tertiary/aromatic N) is 4. The molecule has 1 aliphatic rings. The molecule has 0 aromatic carbocycles. The van der Waals surface area contributed by atoms with E-state index < -0.39 is 5.82 Å². The van der Waals surface area contributed by atoms with E-state index in [9.17, 15) is 4.39 Å². The van der Waals surface area contributed by atoms with Gasteiger partial charge in [-0.15, -0.1) is 0 Å². The Hall–Kier alpha value is -1.34. The van der Waals surface area contributed by atoms with Crippen molar-refractivity contribution in [3.05, 3.63) is 11.0 Å². The number of aromatic nitrogens is 3. The average Bonchev–Trinajstić information content (AvgIpc) is 2.45. The Morgan fingerprint density at radius 1 is 1.35 bits per heavy atom. The number of halogens is 2. The van der Waals surface area contributed by atoms with Crippen molar-refractivity contribution in [2.75, 3.05) is 31.4 Å². The Kier molecular flexibility index (Phi) is 3.55. The molecule has 0 amide bonds. The van der Waals surface area contributed by atoms with Crippen LogP contribution in [0.2, 0.25) is 5.15 Å². The van der Waals surface area contributed by atoms with E-state index in [-0.39, 0.29) is 10.7 Å². The zero-order chi connectivity index (χ0) is 14.3. The lowest BCUT2D eigenvalue weighted by Gasteiger charge is -2.24. The summed E-state index contributed by atoms with van der Waals surface area (Å²) in [6.45, 7) is 1.27. The van der Waals surface area contributed by atoms with Crippen LogP contribution in [-0.4, -0.2) is 41.4 Å². The third kappa shape index (κ3) is 2.14. The molecule has 3 heterocycles. The molecule has 0 saturated heterocycles. The van der Waals surface area contributed by atoms with Gasteiger partial charge in [0.2, 0.25) is 5.88 Å². The van der Waals surface area contributed by atoms with Crippen LogP contribution in [-0.2, 0) is 0 Å². The molecule has 0 atom stereocenters. The van der Waals surface area contributed by atoms with E-state index in [1.54, 1.807) is 0 Å². The van der Waals surface area contributed by atoms with Gasteiger partial charge in [-0.1, -0.05) is 23.4 Å². The summed E-state index contributed by atoms with van der Waals surface area (Å²) in [5.74, 6) is 0.277. The van der Waals surface area contributed by atoms with Gasteiger partial charge in [-0.3, -0.25) is 0 Å². The fourth-order valence-electron chi connectivity index (χ4n) is 2.12. The molecular weight excluding hydrogens is 303 g/mol. The standard InChI is InChI=1S/C12H12ClFN4OS/c1-18-4-3-5-19-11-6-8(7(14)9(13)16-11)15-12(20-2)17-10(6)18/h3-5H2,1-2H3. The summed E-state index contributed by atoms with van der Waals surface area (Å²) in [6, 6.07) is 0. The van der Waals surface area contributed by atoms with Gasteiger partial charge >= 0.3 is 0 Å². The SMILES string of the molecule is CSc1nc2c3c(nc(Cl)c(F)c3n1)OCCCN2C. The smallest absolute Gasteiger partial charge is 0.228 e. The molecule has 0 unspecified atom stereocenters. The lowest BCUT2D eigenvalue weighted by Crippen LogP contribution is -2.24. The average molecular weight is 315 g/mol. The minimum Gasteiger partial charge on any atom is -0.477 e. The molecule has 20 heavy (non-hydrogen) atoms. The van der Waals surface area contributed by atoms with E-state index in [2.05, 4.69) is 15.0 Å². The number of thioether (sulfide) groups is 1. The second-order valence-electron chi connectivity index (χ2n) is 4.40. The van der Waals surface area contributed by atoms with E-state index in [0.717, 1.165) is 13.0 Å². The monoisotopic (exact) mass is 314 g/mol. The van der Waals surface area contributed by atoms with Gasteiger partial charge in [-0.2, -0.15) is 4.98 Å². The minimum atomic E-state index is -0.637. The van der Waals surface area contributed by atoms with E-state index >= 15 is 0 Å². The molecule has 0 N–H and O–H groups in total. The van der Waals surface area contributed by atoms with Gasteiger partial charge in [-0.25, -0.2) is 14.4 Å². The van der Waals surface area contributed by atoms with Crippen LogP contribution in [0.15, 0.2) is 5.16 Å². The van der Waals surface area contributed by atoms with Crippen LogP contribution in [0.25, 0.3) is 10.9 Å². The summed E-state index contributed by atoms with van der Waals surface area (Å²) < 4.78 is 19.8. The maximum atomic E-state index is 14.2. The van der Waals surface area contributed by atoms with Crippen LogP contribution in [0.4, 0.5) is 10.2 Å². The Bertz CT molecular complexity index is 684. The topological polar surface area (TPSA) is 51.1 Å². The highest BCUT2D eigenvalue weighted by Crippen LogP contribution is 2.36. The molecule has 2 aromatic heterocycles. The van der Waals surface area contributed by atoms with Crippen molar-refractivity contribution in [2.45, 2.75) is 11.6 Å². The number of rotatable bonds is 1. The van der Waals surface area contributed by atoms with Gasteiger partial charge in [0.25, 0.3) is 0 Å². The molecule has 3 rings (SSSR count). The summed E-state index contributed by atoms with van der Waals surface area (Å²) >= 11 is 7.18. The zero-order valence-corrected chi connectivity index (χ0v) is 12.6. The summed E-state index contributed by atoms with van der Waals surface area (Å²) in [4.78, 5) is 14.6. The molecule has 2 aromatic rings. The lowest BCUT2D eigenvalue weighted by atomic mass is 10.2. The fraction of sp³-hybridized carbons (Fsp3) is 0.417. The molecule has 106 valence electrons. The maximum Gasteiger partial charge on any atom is 0.228 e. The Morgan fingerprint density at radius 2 is 2.15 bits per heavy atom. The normalized spacial score (nSPS) is 14.9. The molecule has 1 aliphatic heterocycles. The zero-order valence-electron chi connectivity index (χ0n) is 11.0. The number of anilines is 1. The van der Waals surface area contributed by atoms with Crippen molar-refractivity contribution in [1.29, 1.82) is 0 Å². The van der Waals surface area contributed by atoms with Crippen LogP contribution in [0.5, 0.6) is 5.88 Å². The third-order valence-electron chi connectivity index (χ3n) is 3.09. The first kappa shape index (κ1) is 13.6. The predicted octanol–water partition coefficient (Wildman–Crippen LogP) is 2.76. The van der Waals surface area contributed by atoms with Crippen LogP contribution < -0.4 is 9.64 Å². The molecule has 0 bridgehead atoms. The van der Waals surface area contributed by atoms with Gasteiger partial charge in [0.15, 0.2) is 16.1 Å². The van der Waals surface area contributed by atoms with Crippen LogP contribution in [0.1, 0.15) is 6.42 Å². The molecular formula is C12H12ClFN4OS. The quantitative estimate of drug-likeness (QED) is 0.458. The van der Waals surface area contributed by atoms with Crippen LogP contribution in [0, 0.1) is 5.82 Å². The van der Waals surface area contributed by atoms with E-state index in [4.69, 9.17) is 16.3 Å². The number of hydrogen-bond donors (Lipinski definition) is 0. The molecule has 8 heteroatoms. The Morgan fingerprint density at radius 3 is 2.90 bits per heavy atom. The minimum absolute atomic E-state index is 0.156. The highest BCUT2D eigenvalue weighted by atomic mass is 35.5. The summed E-state index contributed by atoms with van der Waals surface area (Å²) in [5.41, 5.74) is 0.156. The lowest BCUT2D eigenvalue weighted by molar-refractivity contribution is 0.301. The number of pyridine rings is 1.